The topological polar surface area (TPSA) is 83.5 Å². The minimum Gasteiger partial charge on any atom is -0.496 e. The van der Waals surface area contributed by atoms with Crippen molar-refractivity contribution in [3.05, 3.63) is 66.6 Å². The van der Waals surface area contributed by atoms with Crippen LogP contribution in [0.4, 0.5) is 17.5 Å². The zero-order valence-corrected chi connectivity index (χ0v) is 18.1. The fourth-order valence-electron chi connectivity index (χ4n) is 4.36. The molecule has 1 N–H and O–H groups in total. The summed E-state index contributed by atoms with van der Waals surface area (Å²) in [6.07, 6.45) is 5.04. The van der Waals surface area contributed by atoms with Crippen LogP contribution in [-0.2, 0) is 10.2 Å². The summed E-state index contributed by atoms with van der Waals surface area (Å²) in [5.41, 5.74) is 0.583. The van der Waals surface area contributed by atoms with Crippen molar-refractivity contribution in [1.29, 1.82) is 0 Å². The number of para-hydroxylation sites is 1. The first-order valence-corrected chi connectivity index (χ1v) is 10.9. The minimum absolute atomic E-state index is 0.210. The average Bonchev–Trinajstić information content (AvgIpc) is 3.66. The number of rotatable bonds is 6. The molecule has 0 atom stereocenters. The second kappa shape index (κ2) is 8.45. The number of carbonyl (C=O) groups is 1. The van der Waals surface area contributed by atoms with E-state index >= 15 is 0 Å². The van der Waals surface area contributed by atoms with Crippen molar-refractivity contribution in [2.75, 3.05) is 43.5 Å². The van der Waals surface area contributed by atoms with E-state index in [9.17, 15) is 4.79 Å². The third-order valence-corrected chi connectivity index (χ3v) is 6.25. The number of nitrogens with zero attached hydrogens (tertiary/aromatic N) is 5. The predicted molar refractivity (Wildman–Crippen MR) is 122 cm³/mol. The smallest absolute Gasteiger partial charge is 0.233 e. The number of ether oxygens (including phenoxy) is 1. The van der Waals surface area contributed by atoms with Crippen LogP contribution in [0.3, 0.4) is 0 Å². The molecule has 1 saturated carbocycles. The highest BCUT2D eigenvalue weighted by Gasteiger charge is 2.54. The molecular weight excluding hydrogens is 404 g/mol. The van der Waals surface area contributed by atoms with Crippen molar-refractivity contribution < 1.29 is 9.53 Å². The molecule has 2 aromatic heterocycles. The summed E-state index contributed by atoms with van der Waals surface area (Å²) in [5, 5.41) is 3.20. The van der Waals surface area contributed by atoms with Crippen LogP contribution >= 0.6 is 0 Å². The number of carbonyl (C=O) groups excluding carboxylic acids is 1. The molecule has 1 aliphatic heterocycles. The van der Waals surface area contributed by atoms with Gasteiger partial charge in [0.25, 0.3) is 0 Å². The van der Waals surface area contributed by atoms with Crippen molar-refractivity contribution in [2.45, 2.75) is 18.3 Å². The van der Waals surface area contributed by atoms with Gasteiger partial charge in [-0.25, -0.2) is 15.0 Å². The number of piperazine rings is 1. The minimum atomic E-state index is -0.427. The van der Waals surface area contributed by atoms with Crippen molar-refractivity contribution in [3.63, 3.8) is 0 Å². The maximum absolute atomic E-state index is 13.5. The molecular formula is C24H26N6O2. The number of methoxy groups -OCH3 is 1. The van der Waals surface area contributed by atoms with Gasteiger partial charge in [0, 0.05) is 44.0 Å². The third-order valence-electron chi connectivity index (χ3n) is 6.25. The number of hydrogen-bond donors (Lipinski definition) is 1. The Kier molecular flexibility index (Phi) is 5.34. The van der Waals surface area contributed by atoms with Crippen molar-refractivity contribution >= 4 is 23.4 Å². The van der Waals surface area contributed by atoms with E-state index in [-0.39, 0.29) is 5.91 Å². The van der Waals surface area contributed by atoms with Gasteiger partial charge in [0.2, 0.25) is 5.91 Å². The summed E-state index contributed by atoms with van der Waals surface area (Å²) in [6.45, 7) is 2.80. The number of nitrogens with one attached hydrogen (secondary N) is 1. The molecule has 3 heterocycles. The van der Waals surface area contributed by atoms with Gasteiger partial charge in [-0.05, 0) is 31.0 Å². The first kappa shape index (κ1) is 20.2. The number of benzene rings is 1. The van der Waals surface area contributed by atoms with Crippen LogP contribution in [-0.4, -0.2) is 59.0 Å². The zero-order valence-electron chi connectivity index (χ0n) is 18.1. The lowest BCUT2D eigenvalue weighted by Gasteiger charge is -2.37. The Morgan fingerprint density at radius 2 is 1.75 bits per heavy atom. The van der Waals surface area contributed by atoms with Gasteiger partial charge in [-0.15, -0.1) is 0 Å². The standard InChI is InChI=1S/C24H26N6O2/c1-32-19-7-3-2-6-18(19)24(9-10-24)23(31)30-14-12-29(13-15-30)22-16-21(26-17-27-22)28-20-8-4-5-11-25-20/h2-8,11,16-17H,9-10,12-15H2,1H3,(H,25,26,27,28). The Bertz CT molecular complexity index is 1090. The van der Waals surface area contributed by atoms with Gasteiger partial charge >= 0.3 is 0 Å². The molecule has 32 heavy (non-hydrogen) atoms. The van der Waals surface area contributed by atoms with Gasteiger partial charge in [-0.3, -0.25) is 4.79 Å². The Balaban J connectivity index is 1.25. The van der Waals surface area contributed by atoms with E-state index in [0.717, 1.165) is 48.9 Å². The van der Waals surface area contributed by atoms with Gasteiger partial charge < -0.3 is 19.9 Å². The zero-order chi connectivity index (χ0) is 22.0. The fourth-order valence-corrected chi connectivity index (χ4v) is 4.36. The number of hydrogen-bond acceptors (Lipinski definition) is 7. The van der Waals surface area contributed by atoms with Crippen molar-refractivity contribution in [1.82, 2.24) is 19.9 Å². The molecule has 5 rings (SSSR count). The lowest BCUT2D eigenvalue weighted by molar-refractivity contribution is -0.134. The van der Waals surface area contributed by atoms with E-state index < -0.39 is 5.41 Å². The fraction of sp³-hybridized carbons (Fsp3) is 0.333. The Labute approximate surface area is 187 Å². The third kappa shape index (κ3) is 3.84. The molecule has 2 fully saturated rings. The average molecular weight is 431 g/mol. The molecule has 3 aromatic rings. The van der Waals surface area contributed by atoms with E-state index in [1.807, 2.05) is 53.4 Å². The molecule has 0 bridgehead atoms. The second-order valence-corrected chi connectivity index (χ2v) is 8.16. The lowest BCUT2D eigenvalue weighted by atomic mass is 9.93. The molecule has 1 amide bonds. The van der Waals surface area contributed by atoms with Crippen LogP contribution in [0.15, 0.2) is 61.1 Å². The monoisotopic (exact) mass is 430 g/mol. The number of aromatic nitrogens is 3. The first-order valence-electron chi connectivity index (χ1n) is 10.9. The Hall–Kier alpha value is -3.68. The molecule has 164 valence electrons. The second-order valence-electron chi connectivity index (χ2n) is 8.16. The van der Waals surface area contributed by atoms with Gasteiger partial charge in [0.05, 0.1) is 12.5 Å². The molecule has 0 radical (unpaired) electrons. The van der Waals surface area contributed by atoms with Crippen molar-refractivity contribution in [2.24, 2.45) is 0 Å². The summed E-state index contributed by atoms with van der Waals surface area (Å²) in [7, 11) is 1.66. The summed E-state index contributed by atoms with van der Waals surface area (Å²) >= 11 is 0. The maximum Gasteiger partial charge on any atom is 0.233 e. The number of amides is 1. The maximum atomic E-state index is 13.5. The molecule has 1 aliphatic carbocycles. The highest BCUT2D eigenvalue weighted by atomic mass is 16.5. The van der Waals surface area contributed by atoms with Crippen LogP contribution in [0.5, 0.6) is 5.75 Å². The number of pyridine rings is 1. The highest BCUT2D eigenvalue weighted by Crippen LogP contribution is 2.52. The largest absolute Gasteiger partial charge is 0.496 e. The molecule has 1 saturated heterocycles. The normalized spacial score (nSPS) is 17.0. The molecule has 1 aromatic carbocycles. The van der Waals surface area contributed by atoms with Crippen LogP contribution in [0.2, 0.25) is 0 Å². The molecule has 0 unspecified atom stereocenters. The predicted octanol–water partition coefficient (Wildman–Crippen LogP) is 3.00. The molecule has 8 nitrogen and oxygen atoms in total. The number of anilines is 3. The lowest BCUT2D eigenvalue weighted by Crippen LogP contribution is -2.51. The van der Waals surface area contributed by atoms with E-state index in [4.69, 9.17) is 4.74 Å². The SMILES string of the molecule is COc1ccccc1C1(C(=O)N2CCN(c3cc(Nc4ccccn4)ncn3)CC2)CC1. The highest BCUT2D eigenvalue weighted by molar-refractivity contribution is 5.92. The van der Waals surface area contributed by atoms with E-state index in [0.29, 0.717) is 18.9 Å². The van der Waals surface area contributed by atoms with Gasteiger partial charge in [0.1, 0.15) is 29.5 Å². The molecule has 2 aliphatic rings. The first-order chi connectivity index (χ1) is 15.7. The van der Waals surface area contributed by atoms with Gasteiger partial charge in [-0.2, -0.15) is 0 Å². The quantitative estimate of drug-likeness (QED) is 0.644. The van der Waals surface area contributed by atoms with Crippen LogP contribution in [0, 0.1) is 0 Å². The van der Waals surface area contributed by atoms with E-state index in [2.05, 4.69) is 25.2 Å². The molecule has 8 heteroatoms. The summed E-state index contributed by atoms with van der Waals surface area (Å²) in [4.78, 5) is 30.7. The van der Waals surface area contributed by atoms with Gasteiger partial charge in [-0.1, -0.05) is 24.3 Å². The summed E-state index contributed by atoms with van der Waals surface area (Å²) < 4.78 is 5.53. The Morgan fingerprint density at radius 3 is 2.47 bits per heavy atom. The van der Waals surface area contributed by atoms with Crippen LogP contribution in [0.25, 0.3) is 0 Å². The van der Waals surface area contributed by atoms with E-state index in [1.165, 1.54) is 0 Å². The summed E-state index contributed by atoms with van der Waals surface area (Å²) in [5.74, 6) is 3.28. The van der Waals surface area contributed by atoms with Crippen LogP contribution in [0.1, 0.15) is 18.4 Å². The Morgan fingerprint density at radius 1 is 0.969 bits per heavy atom. The van der Waals surface area contributed by atoms with Crippen molar-refractivity contribution in [3.8, 4) is 5.75 Å². The van der Waals surface area contributed by atoms with E-state index in [1.54, 1.807) is 19.6 Å². The van der Waals surface area contributed by atoms with Crippen LogP contribution < -0.4 is 15.0 Å². The van der Waals surface area contributed by atoms with Gasteiger partial charge in [0.15, 0.2) is 0 Å². The summed E-state index contributed by atoms with van der Waals surface area (Å²) in [6, 6.07) is 15.5. The molecule has 0 spiro atoms.